The largest absolute Gasteiger partial charge is 0.478 e. The van der Waals surface area contributed by atoms with Gasteiger partial charge in [-0.05, 0) is 49.7 Å². The summed E-state index contributed by atoms with van der Waals surface area (Å²) in [5.74, 6) is -3.46. The second-order valence-electron chi connectivity index (χ2n) is 6.95. The van der Waals surface area contributed by atoms with Gasteiger partial charge < -0.3 is 20.3 Å². The molecule has 31 heavy (non-hydrogen) atoms. The van der Waals surface area contributed by atoms with Crippen LogP contribution in [0.1, 0.15) is 33.2 Å². The van der Waals surface area contributed by atoms with Crippen LogP contribution >= 0.6 is 0 Å². The van der Waals surface area contributed by atoms with Crippen LogP contribution in [0.15, 0.2) is 41.3 Å². The van der Waals surface area contributed by atoms with Gasteiger partial charge in [-0.25, -0.2) is 13.2 Å². The zero-order valence-corrected chi connectivity index (χ0v) is 18.6. The minimum absolute atomic E-state index is 0.0371. The smallest absolute Gasteiger partial charge is 0.340 e. The van der Waals surface area contributed by atoms with Gasteiger partial charge in [0.1, 0.15) is 5.56 Å². The summed E-state index contributed by atoms with van der Waals surface area (Å²) in [4.78, 5) is 24.3. The summed E-state index contributed by atoms with van der Waals surface area (Å²) >= 11 is 0. The van der Waals surface area contributed by atoms with Crippen molar-refractivity contribution in [1.29, 1.82) is 0 Å². The van der Waals surface area contributed by atoms with Crippen molar-refractivity contribution in [1.82, 2.24) is 5.32 Å². The highest BCUT2D eigenvalue weighted by atomic mass is 32.2. The number of aromatic carboxylic acids is 1. The lowest BCUT2D eigenvalue weighted by Crippen LogP contribution is -2.38. The fraction of sp³-hybridized carbons (Fsp3) is 0.263. The van der Waals surface area contributed by atoms with E-state index in [1.54, 1.807) is 6.92 Å². The molecule has 0 saturated carbocycles. The number of carbonyl (C=O) groups excluding carboxylic acids is 1. The molecule has 1 amide bonds. The van der Waals surface area contributed by atoms with Crippen LogP contribution in [0.3, 0.4) is 0 Å². The van der Waals surface area contributed by atoms with E-state index in [1.807, 2.05) is 0 Å². The van der Waals surface area contributed by atoms with Crippen LogP contribution in [0.25, 0.3) is 0 Å². The standard InChI is InChI=1S/C19H22N2O8S2/c1-11-9-13(7-8-15(11)20)31(27,28)10-12(2)21-18(22)14-5-4-6-16(17(14)19(23)24)29-30(3,25)26/h4-9,12H,10,20H2,1-3H3,(H,21,22)(H,23,24). The normalized spacial score (nSPS) is 12.7. The van der Waals surface area contributed by atoms with Crippen LogP contribution in [-0.2, 0) is 20.0 Å². The van der Waals surface area contributed by atoms with Gasteiger partial charge in [-0.1, -0.05) is 6.07 Å². The summed E-state index contributed by atoms with van der Waals surface area (Å²) in [6, 6.07) is 6.88. The van der Waals surface area contributed by atoms with E-state index in [1.165, 1.54) is 37.3 Å². The number of carboxylic acid groups (broad SMARTS) is 1. The van der Waals surface area contributed by atoms with Crippen molar-refractivity contribution < 1.29 is 35.7 Å². The summed E-state index contributed by atoms with van der Waals surface area (Å²) in [5.41, 5.74) is 5.71. The Labute approximate surface area is 180 Å². The number of carboxylic acids is 1. The van der Waals surface area contributed by atoms with Crippen LogP contribution in [-0.4, -0.2) is 51.9 Å². The number of sulfone groups is 1. The van der Waals surface area contributed by atoms with Gasteiger partial charge in [0.15, 0.2) is 15.6 Å². The quantitative estimate of drug-likeness (QED) is 0.379. The Morgan fingerprint density at radius 3 is 2.35 bits per heavy atom. The molecule has 0 aliphatic heterocycles. The van der Waals surface area contributed by atoms with Crippen molar-refractivity contribution in [3.8, 4) is 5.75 Å². The van der Waals surface area contributed by atoms with Crippen molar-refractivity contribution in [2.24, 2.45) is 0 Å². The van der Waals surface area contributed by atoms with Crippen molar-refractivity contribution in [3.05, 3.63) is 53.1 Å². The number of amides is 1. The predicted octanol–water partition coefficient (Wildman–Crippen LogP) is 1.21. The number of rotatable bonds is 8. The lowest BCUT2D eigenvalue weighted by atomic mass is 10.1. The van der Waals surface area contributed by atoms with Gasteiger partial charge in [0.25, 0.3) is 5.91 Å². The third kappa shape index (κ3) is 6.18. The van der Waals surface area contributed by atoms with Gasteiger partial charge in [0.2, 0.25) is 0 Å². The van der Waals surface area contributed by atoms with Crippen molar-refractivity contribution in [2.75, 3.05) is 17.7 Å². The molecule has 1 unspecified atom stereocenters. The number of anilines is 1. The Morgan fingerprint density at radius 2 is 1.81 bits per heavy atom. The molecule has 0 fully saturated rings. The number of aryl methyl sites for hydroxylation is 1. The van der Waals surface area contributed by atoms with Gasteiger partial charge >= 0.3 is 16.1 Å². The average Bonchev–Trinajstić information content (AvgIpc) is 2.61. The highest BCUT2D eigenvalue weighted by Gasteiger charge is 2.26. The molecule has 0 saturated heterocycles. The molecule has 0 aromatic heterocycles. The number of hydrogen-bond donors (Lipinski definition) is 3. The molecule has 168 valence electrons. The number of carbonyl (C=O) groups is 2. The van der Waals surface area contributed by atoms with Gasteiger partial charge in [0, 0.05) is 11.7 Å². The molecule has 1 atom stereocenters. The van der Waals surface area contributed by atoms with E-state index in [2.05, 4.69) is 9.50 Å². The lowest BCUT2D eigenvalue weighted by molar-refractivity contribution is 0.0688. The molecule has 12 heteroatoms. The monoisotopic (exact) mass is 470 g/mol. The summed E-state index contributed by atoms with van der Waals surface area (Å²) < 4.78 is 52.7. The summed E-state index contributed by atoms with van der Waals surface area (Å²) in [7, 11) is -7.82. The maximum Gasteiger partial charge on any atom is 0.340 e. The van der Waals surface area contributed by atoms with Crippen molar-refractivity contribution >= 4 is 37.5 Å². The number of hydrogen-bond acceptors (Lipinski definition) is 8. The molecule has 0 bridgehead atoms. The van der Waals surface area contributed by atoms with E-state index < -0.39 is 54.9 Å². The minimum Gasteiger partial charge on any atom is -0.478 e. The molecule has 0 aliphatic rings. The van der Waals surface area contributed by atoms with Crippen LogP contribution < -0.4 is 15.2 Å². The highest BCUT2D eigenvalue weighted by molar-refractivity contribution is 7.91. The van der Waals surface area contributed by atoms with Crippen LogP contribution in [0.4, 0.5) is 5.69 Å². The Kier molecular flexibility index (Phi) is 6.96. The number of benzene rings is 2. The molecular weight excluding hydrogens is 448 g/mol. The molecule has 0 spiro atoms. The van der Waals surface area contributed by atoms with Crippen LogP contribution in [0.2, 0.25) is 0 Å². The molecule has 0 heterocycles. The Balaban J connectivity index is 2.27. The number of nitrogen functional groups attached to an aromatic ring is 1. The summed E-state index contributed by atoms with van der Waals surface area (Å²) in [6.07, 6.45) is 0.733. The van der Waals surface area contributed by atoms with E-state index in [0.717, 1.165) is 12.3 Å². The lowest BCUT2D eigenvalue weighted by Gasteiger charge is -2.16. The van der Waals surface area contributed by atoms with Crippen LogP contribution in [0, 0.1) is 6.92 Å². The fourth-order valence-electron chi connectivity index (χ4n) is 2.78. The first kappa shape index (κ1) is 24.2. The zero-order chi connectivity index (χ0) is 23.6. The number of nitrogens with two attached hydrogens (primary N) is 1. The van der Waals surface area contributed by atoms with E-state index >= 15 is 0 Å². The van der Waals surface area contributed by atoms with Gasteiger partial charge in [-0.2, -0.15) is 8.42 Å². The van der Waals surface area contributed by atoms with E-state index in [0.29, 0.717) is 11.3 Å². The first-order chi connectivity index (χ1) is 14.2. The second-order valence-corrected chi connectivity index (χ2v) is 10.6. The van der Waals surface area contributed by atoms with Crippen molar-refractivity contribution in [3.63, 3.8) is 0 Å². The molecule has 2 rings (SSSR count). The molecular formula is C19H22N2O8S2. The molecule has 2 aromatic rings. The Bertz CT molecular complexity index is 1240. The number of nitrogens with one attached hydrogen (secondary N) is 1. The van der Waals surface area contributed by atoms with E-state index in [4.69, 9.17) is 5.73 Å². The molecule has 4 N–H and O–H groups in total. The Hall–Kier alpha value is -3.12. The summed E-state index contributed by atoms with van der Waals surface area (Å²) in [6.45, 7) is 3.11. The first-order valence-electron chi connectivity index (χ1n) is 8.87. The maximum atomic E-state index is 12.6. The van der Waals surface area contributed by atoms with Crippen LogP contribution in [0.5, 0.6) is 5.75 Å². The highest BCUT2D eigenvalue weighted by Crippen LogP contribution is 2.24. The van der Waals surface area contributed by atoms with Gasteiger partial charge in [0.05, 0.1) is 22.5 Å². The third-order valence-electron chi connectivity index (χ3n) is 4.17. The van der Waals surface area contributed by atoms with Gasteiger partial charge in [-0.15, -0.1) is 0 Å². The summed E-state index contributed by atoms with van der Waals surface area (Å²) in [5, 5.41) is 11.9. The van der Waals surface area contributed by atoms with E-state index in [9.17, 15) is 31.5 Å². The zero-order valence-electron chi connectivity index (χ0n) is 16.9. The average molecular weight is 471 g/mol. The third-order valence-corrected chi connectivity index (χ3v) is 6.57. The minimum atomic E-state index is -4.04. The second kappa shape index (κ2) is 8.94. The maximum absolute atomic E-state index is 12.6. The topological polar surface area (TPSA) is 170 Å². The fourth-order valence-corrected chi connectivity index (χ4v) is 4.81. The molecule has 0 radical (unpaired) electrons. The van der Waals surface area contributed by atoms with Gasteiger partial charge in [-0.3, -0.25) is 4.79 Å². The SMILES string of the molecule is Cc1cc(S(=O)(=O)CC(C)NC(=O)c2cccc(OS(C)(=O)=O)c2C(=O)O)ccc1N. The van der Waals surface area contributed by atoms with Crippen molar-refractivity contribution in [2.45, 2.75) is 24.8 Å². The molecule has 0 aliphatic carbocycles. The van der Waals surface area contributed by atoms with E-state index in [-0.39, 0.29) is 10.5 Å². The first-order valence-corrected chi connectivity index (χ1v) is 12.3. The Morgan fingerprint density at radius 1 is 1.16 bits per heavy atom. The predicted molar refractivity (Wildman–Crippen MR) is 113 cm³/mol. The molecule has 2 aromatic carbocycles. The molecule has 10 nitrogen and oxygen atoms in total.